The lowest BCUT2D eigenvalue weighted by Crippen LogP contribution is -2.59. The fraction of sp³-hybridized carbons (Fsp3) is 0.316. The highest BCUT2D eigenvalue weighted by Crippen LogP contribution is 2.50. The second kappa shape index (κ2) is 8.42. The normalized spacial score (nSPS) is 20.1. The number of nitro groups is 1. The molecule has 1 aromatic heterocycles. The number of esters is 2. The summed E-state index contributed by atoms with van der Waals surface area (Å²) in [5, 5.41) is 15.9. The number of amides is 1. The van der Waals surface area contributed by atoms with Crippen LogP contribution in [0.5, 0.6) is 0 Å². The van der Waals surface area contributed by atoms with Crippen LogP contribution in [0.25, 0.3) is 0 Å². The summed E-state index contributed by atoms with van der Waals surface area (Å²) in [4.78, 5) is 52.6. The third kappa shape index (κ3) is 3.93. The first-order valence-corrected chi connectivity index (χ1v) is 10.3. The number of β-lactam (4-membered cyclic amide) rings is 1. The molecule has 2 aliphatic heterocycles. The Hall–Kier alpha value is -3.74. The monoisotopic (exact) mass is 459 g/mol. The molecule has 3 heterocycles. The molecule has 1 amide bonds. The molecular formula is C19H17N5O7S. The summed E-state index contributed by atoms with van der Waals surface area (Å²) in [6.45, 7) is 1.13. The maximum absolute atomic E-state index is 12.9. The summed E-state index contributed by atoms with van der Waals surface area (Å²) in [5.74, 6) is -2.23. The average molecular weight is 459 g/mol. The highest BCUT2D eigenvalue weighted by molar-refractivity contribution is 8.03. The van der Waals surface area contributed by atoms with E-state index in [0.717, 1.165) is 0 Å². The Morgan fingerprint density at radius 1 is 1.31 bits per heavy atom. The van der Waals surface area contributed by atoms with Crippen molar-refractivity contribution in [1.29, 1.82) is 0 Å². The number of nitrogens with zero attached hydrogens (tertiary/aromatic N) is 5. The molecule has 0 spiro atoms. The molecular weight excluding hydrogens is 442 g/mol. The number of carbonyl (C=O) groups excluding carboxylic acids is 3. The fourth-order valence-electron chi connectivity index (χ4n) is 3.39. The Balaban J connectivity index is 1.41. The van der Waals surface area contributed by atoms with Gasteiger partial charge in [0.25, 0.3) is 5.69 Å². The van der Waals surface area contributed by atoms with Crippen LogP contribution in [0.4, 0.5) is 5.69 Å². The molecule has 0 saturated carbocycles. The lowest BCUT2D eigenvalue weighted by molar-refractivity contribution is -0.384. The van der Waals surface area contributed by atoms with Crippen molar-refractivity contribution >= 4 is 35.3 Å². The molecule has 2 aliphatic rings. The number of aromatic nitrogens is 3. The standard InChI is InChI=1S/C19H17N5O7S/c1-10(25)31-15(16-20-9-22(2)21-16)14-17(26)23-13(8-32-18(14)23)19(27)30-7-11-3-5-12(6-4-11)24(28)29/h3-6,8-9,14-15,18H,7H2,1-2H3/t14?,15?,18-/m1/s1. The average Bonchev–Trinajstić information content (AvgIpc) is 3.35. The van der Waals surface area contributed by atoms with Crippen molar-refractivity contribution in [3.05, 3.63) is 63.2 Å². The summed E-state index contributed by atoms with van der Waals surface area (Å²) in [5.41, 5.74) is 0.578. The van der Waals surface area contributed by atoms with E-state index in [-0.39, 0.29) is 23.8 Å². The van der Waals surface area contributed by atoms with Crippen LogP contribution in [-0.4, -0.2) is 47.8 Å². The van der Waals surface area contributed by atoms with E-state index in [1.165, 1.54) is 64.3 Å². The number of carbonyl (C=O) groups is 3. The Bertz CT molecular complexity index is 1130. The van der Waals surface area contributed by atoms with E-state index >= 15 is 0 Å². The molecule has 166 valence electrons. The molecule has 32 heavy (non-hydrogen) atoms. The van der Waals surface area contributed by atoms with E-state index in [0.29, 0.717) is 5.56 Å². The molecule has 2 aromatic rings. The van der Waals surface area contributed by atoms with E-state index in [9.17, 15) is 24.5 Å². The van der Waals surface area contributed by atoms with E-state index in [1.54, 1.807) is 7.05 Å². The van der Waals surface area contributed by atoms with Crippen LogP contribution < -0.4 is 0 Å². The van der Waals surface area contributed by atoms with Crippen molar-refractivity contribution in [2.45, 2.75) is 25.0 Å². The Labute approximate surface area is 185 Å². The Morgan fingerprint density at radius 2 is 2.03 bits per heavy atom. The first kappa shape index (κ1) is 21.5. The first-order valence-electron chi connectivity index (χ1n) is 9.38. The van der Waals surface area contributed by atoms with Gasteiger partial charge in [0.1, 0.15) is 29.9 Å². The van der Waals surface area contributed by atoms with Gasteiger partial charge in [-0.05, 0) is 17.7 Å². The van der Waals surface area contributed by atoms with Crippen LogP contribution in [-0.2, 0) is 37.5 Å². The first-order chi connectivity index (χ1) is 15.3. The minimum absolute atomic E-state index is 0.0697. The van der Waals surface area contributed by atoms with Crippen LogP contribution in [0.3, 0.4) is 0 Å². The Morgan fingerprint density at radius 3 is 2.62 bits per heavy atom. The number of nitro benzene ring substituents is 1. The van der Waals surface area contributed by atoms with Gasteiger partial charge < -0.3 is 9.47 Å². The summed E-state index contributed by atoms with van der Waals surface area (Å²) in [6, 6.07) is 5.60. The maximum atomic E-state index is 12.9. The summed E-state index contributed by atoms with van der Waals surface area (Å²) < 4.78 is 12.0. The molecule has 13 heteroatoms. The lowest BCUT2D eigenvalue weighted by atomic mass is 9.90. The molecule has 0 radical (unpaired) electrons. The molecule has 1 aromatic carbocycles. The van der Waals surface area contributed by atoms with Gasteiger partial charge >= 0.3 is 11.9 Å². The van der Waals surface area contributed by atoms with E-state index in [1.807, 2.05) is 0 Å². The summed E-state index contributed by atoms with van der Waals surface area (Å²) in [7, 11) is 1.65. The van der Waals surface area contributed by atoms with Crippen molar-refractivity contribution in [3.63, 3.8) is 0 Å². The van der Waals surface area contributed by atoms with Crippen molar-refractivity contribution < 1.29 is 28.8 Å². The highest BCUT2D eigenvalue weighted by Gasteiger charge is 2.59. The number of non-ortho nitro benzene ring substituents is 1. The van der Waals surface area contributed by atoms with Crippen molar-refractivity contribution in [3.8, 4) is 0 Å². The second-order valence-electron chi connectivity index (χ2n) is 7.07. The topological polar surface area (TPSA) is 147 Å². The summed E-state index contributed by atoms with van der Waals surface area (Å²) >= 11 is 1.24. The van der Waals surface area contributed by atoms with E-state index < -0.39 is 40.2 Å². The number of thioether (sulfide) groups is 1. The molecule has 0 aliphatic carbocycles. The number of hydrogen-bond donors (Lipinski definition) is 0. The molecule has 12 nitrogen and oxygen atoms in total. The smallest absolute Gasteiger partial charge is 0.355 e. The maximum Gasteiger partial charge on any atom is 0.355 e. The quantitative estimate of drug-likeness (QED) is 0.258. The second-order valence-corrected chi connectivity index (χ2v) is 8.06. The zero-order valence-corrected chi connectivity index (χ0v) is 17.7. The number of fused-ring (bicyclic) bond motifs is 1. The van der Waals surface area contributed by atoms with Crippen molar-refractivity contribution in [2.75, 3.05) is 0 Å². The predicted molar refractivity (Wildman–Crippen MR) is 108 cm³/mol. The van der Waals surface area contributed by atoms with Gasteiger partial charge in [-0.15, -0.1) is 11.8 Å². The molecule has 1 saturated heterocycles. The van der Waals surface area contributed by atoms with Gasteiger partial charge in [0, 0.05) is 31.5 Å². The Kier molecular flexibility index (Phi) is 5.65. The molecule has 2 unspecified atom stereocenters. The minimum Gasteiger partial charge on any atom is -0.456 e. The van der Waals surface area contributed by atoms with Gasteiger partial charge in [-0.25, -0.2) is 9.78 Å². The lowest BCUT2D eigenvalue weighted by Gasteiger charge is -2.44. The highest BCUT2D eigenvalue weighted by atomic mass is 32.2. The molecule has 3 atom stereocenters. The molecule has 1 fully saturated rings. The van der Waals surface area contributed by atoms with E-state index in [4.69, 9.17) is 9.47 Å². The number of ether oxygens (including phenoxy) is 2. The largest absolute Gasteiger partial charge is 0.456 e. The third-order valence-corrected chi connectivity index (χ3v) is 6.02. The number of rotatable bonds is 7. The van der Waals surface area contributed by atoms with Crippen LogP contribution in [0.2, 0.25) is 0 Å². The number of benzene rings is 1. The minimum atomic E-state index is -0.973. The van der Waals surface area contributed by atoms with Gasteiger partial charge in [-0.3, -0.25) is 29.3 Å². The van der Waals surface area contributed by atoms with Gasteiger partial charge in [-0.2, -0.15) is 5.10 Å². The van der Waals surface area contributed by atoms with Crippen LogP contribution >= 0.6 is 11.8 Å². The number of hydrogen-bond acceptors (Lipinski definition) is 10. The zero-order chi connectivity index (χ0) is 23.0. The van der Waals surface area contributed by atoms with Gasteiger partial charge in [0.05, 0.1) is 4.92 Å². The molecule has 0 N–H and O–H groups in total. The predicted octanol–water partition coefficient (Wildman–Crippen LogP) is 1.44. The molecule has 4 rings (SSSR count). The third-order valence-electron chi connectivity index (χ3n) is 4.88. The van der Waals surface area contributed by atoms with Crippen LogP contribution in [0.15, 0.2) is 41.7 Å². The summed E-state index contributed by atoms with van der Waals surface area (Å²) in [6.07, 6.45) is 0.465. The SMILES string of the molecule is CC(=O)OC(c1ncn(C)n1)C1C(=O)N2C(C(=O)OCc3ccc([N+](=O)[O-])cc3)=CS[C@H]12. The zero-order valence-electron chi connectivity index (χ0n) is 16.9. The van der Waals surface area contributed by atoms with Crippen LogP contribution in [0, 0.1) is 16.0 Å². The molecule has 0 bridgehead atoms. The van der Waals surface area contributed by atoms with Crippen LogP contribution in [0.1, 0.15) is 24.4 Å². The van der Waals surface area contributed by atoms with Gasteiger partial charge in [0.15, 0.2) is 11.9 Å². The van der Waals surface area contributed by atoms with Gasteiger partial charge in [0.2, 0.25) is 5.91 Å². The van der Waals surface area contributed by atoms with Gasteiger partial charge in [-0.1, -0.05) is 0 Å². The fourth-order valence-corrected chi connectivity index (χ4v) is 4.64. The van der Waals surface area contributed by atoms with Crippen molar-refractivity contribution in [1.82, 2.24) is 19.7 Å². The van der Waals surface area contributed by atoms with E-state index in [2.05, 4.69) is 10.1 Å². The number of aryl methyl sites for hydroxylation is 1. The van der Waals surface area contributed by atoms with Crippen molar-refractivity contribution in [2.24, 2.45) is 13.0 Å².